The predicted molar refractivity (Wildman–Crippen MR) is 67.2 cm³/mol. The maximum Gasteiger partial charge on any atom is 0.255 e. The third kappa shape index (κ3) is 2.43. The Hall–Kier alpha value is -1.69. The Morgan fingerprint density at radius 3 is 2.89 bits per heavy atom. The zero-order chi connectivity index (χ0) is 13.1. The number of fused-ring (bicyclic) bond motifs is 1. The van der Waals surface area contributed by atoms with E-state index in [1.165, 1.54) is 4.90 Å². The van der Waals surface area contributed by atoms with Crippen LogP contribution in [-0.4, -0.2) is 36.5 Å². The minimum atomic E-state index is -2.37. The van der Waals surface area contributed by atoms with Crippen molar-refractivity contribution in [3.8, 4) is 0 Å². The van der Waals surface area contributed by atoms with E-state index >= 15 is 0 Å². The maximum absolute atomic E-state index is 12.5. The van der Waals surface area contributed by atoms with Gasteiger partial charge in [0.05, 0.1) is 12.2 Å². The summed E-state index contributed by atoms with van der Waals surface area (Å²) >= 11 is 0. The first-order valence-electron chi connectivity index (χ1n) is 5.73. The molecule has 1 N–H and O–H groups in total. The highest BCUT2D eigenvalue weighted by Gasteiger charge is 2.17. The van der Waals surface area contributed by atoms with Crippen molar-refractivity contribution in [2.45, 2.75) is 13.0 Å². The number of pyridine rings is 1. The second kappa shape index (κ2) is 5.30. The normalized spacial score (nSPS) is 11.4. The molecule has 2 heterocycles. The molecule has 0 aliphatic rings. The number of alkyl halides is 2. The monoisotopic (exact) mass is 254 g/mol. The van der Waals surface area contributed by atoms with Gasteiger partial charge in [0.1, 0.15) is 5.65 Å². The first-order valence-corrected chi connectivity index (χ1v) is 5.73. The molecule has 0 radical (unpaired) electrons. The van der Waals surface area contributed by atoms with E-state index in [1.807, 2.05) is 35.8 Å². The summed E-state index contributed by atoms with van der Waals surface area (Å²) in [4.78, 5) is 5.89. The Balaban J connectivity index is 2.44. The molecule has 6 heteroatoms. The highest BCUT2D eigenvalue weighted by molar-refractivity contribution is 5.55. The zero-order valence-electron chi connectivity index (χ0n) is 10.4. The summed E-state index contributed by atoms with van der Waals surface area (Å²) in [6, 6.07) is 5.63. The summed E-state index contributed by atoms with van der Waals surface area (Å²) < 4.78 is 26.8. The lowest BCUT2D eigenvalue weighted by atomic mass is 10.3. The molecule has 0 aliphatic carbocycles. The molecule has 4 nitrogen and oxygen atoms in total. The van der Waals surface area contributed by atoms with Crippen molar-refractivity contribution in [3.63, 3.8) is 0 Å². The van der Waals surface area contributed by atoms with Crippen LogP contribution in [0.4, 0.5) is 14.6 Å². The van der Waals surface area contributed by atoms with Crippen LogP contribution in [0.1, 0.15) is 5.69 Å². The Kier molecular flexibility index (Phi) is 3.76. The van der Waals surface area contributed by atoms with E-state index in [1.54, 1.807) is 7.05 Å². The second-order valence-corrected chi connectivity index (χ2v) is 4.11. The van der Waals surface area contributed by atoms with Gasteiger partial charge in [0.15, 0.2) is 5.82 Å². The Morgan fingerprint density at radius 1 is 1.44 bits per heavy atom. The van der Waals surface area contributed by atoms with Crippen molar-refractivity contribution < 1.29 is 8.78 Å². The molecule has 0 saturated carbocycles. The topological polar surface area (TPSA) is 32.6 Å². The summed E-state index contributed by atoms with van der Waals surface area (Å²) in [5.74, 6) is 0.593. The summed E-state index contributed by atoms with van der Waals surface area (Å²) in [6.07, 6.45) is -0.489. The molecule has 0 saturated heterocycles. The maximum atomic E-state index is 12.5. The van der Waals surface area contributed by atoms with Crippen LogP contribution in [0.15, 0.2) is 24.4 Å². The number of nitrogens with one attached hydrogen (secondary N) is 1. The molecule has 0 unspecified atom stereocenters. The van der Waals surface area contributed by atoms with Crippen LogP contribution >= 0.6 is 0 Å². The van der Waals surface area contributed by atoms with Crippen LogP contribution in [0.3, 0.4) is 0 Å². The van der Waals surface area contributed by atoms with Gasteiger partial charge >= 0.3 is 0 Å². The Morgan fingerprint density at radius 2 is 2.22 bits per heavy atom. The van der Waals surface area contributed by atoms with Crippen LogP contribution < -0.4 is 10.2 Å². The summed E-state index contributed by atoms with van der Waals surface area (Å²) in [5, 5.41) is 3.04. The van der Waals surface area contributed by atoms with Crippen LogP contribution in [-0.2, 0) is 6.54 Å². The smallest absolute Gasteiger partial charge is 0.255 e. The van der Waals surface area contributed by atoms with Gasteiger partial charge < -0.3 is 14.6 Å². The number of rotatable bonds is 5. The lowest BCUT2D eigenvalue weighted by Crippen LogP contribution is -2.26. The number of hydrogen-bond acceptors (Lipinski definition) is 3. The molecule has 0 aromatic carbocycles. The fraction of sp³-hybridized carbons (Fsp3) is 0.417. The highest BCUT2D eigenvalue weighted by atomic mass is 19.3. The molecule has 0 atom stereocenters. The molecular formula is C12H16F2N4. The molecule has 2 aromatic heterocycles. The van der Waals surface area contributed by atoms with E-state index in [9.17, 15) is 8.78 Å². The Labute approximate surface area is 104 Å². The molecular weight excluding hydrogens is 238 g/mol. The van der Waals surface area contributed by atoms with Gasteiger partial charge in [0.25, 0.3) is 6.43 Å². The van der Waals surface area contributed by atoms with Gasteiger partial charge in [-0.2, -0.15) is 0 Å². The number of hydrogen-bond donors (Lipinski definition) is 1. The third-order valence-corrected chi connectivity index (χ3v) is 2.73. The largest absolute Gasteiger partial charge is 0.352 e. The number of halogens is 2. The first-order chi connectivity index (χ1) is 8.63. The van der Waals surface area contributed by atoms with Crippen LogP contribution in [0.5, 0.6) is 0 Å². The van der Waals surface area contributed by atoms with Crippen molar-refractivity contribution in [2.75, 3.05) is 25.5 Å². The van der Waals surface area contributed by atoms with Gasteiger partial charge in [-0.1, -0.05) is 6.07 Å². The highest BCUT2D eigenvalue weighted by Crippen LogP contribution is 2.21. The molecule has 2 rings (SSSR count). The lowest BCUT2D eigenvalue weighted by Gasteiger charge is -2.17. The average Bonchev–Trinajstić information content (AvgIpc) is 2.68. The molecule has 18 heavy (non-hydrogen) atoms. The van der Waals surface area contributed by atoms with Gasteiger partial charge in [0, 0.05) is 19.8 Å². The molecule has 0 amide bonds. The van der Waals surface area contributed by atoms with Gasteiger partial charge in [0.2, 0.25) is 0 Å². The van der Waals surface area contributed by atoms with Crippen molar-refractivity contribution in [1.29, 1.82) is 0 Å². The van der Waals surface area contributed by atoms with Gasteiger partial charge in [-0.3, -0.25) is 0 Å². The van der Waals surface area contributed by atoms with Crippen LogP contribution in [0.25, 0.3) is 5.65 Å². The molecule has 2 aromatic rings. The molecule has 0 spiro atoms. The van der Waals surface area contributed by atoms with E-state index in [2.05, 4.69) is 10.3 Å². The minimum Gasteiger partial charge on any atom is -0.352 e. The molecule has 0 bridgehead atoms. The summed E-state index contributed by atoms with van der Waals surface area (Å²) in [5.41, 5.74) is 1.65. The molecule has 0 fully saturated rings. The average molecular weight is 254 g/mol. The van der Waals surface area contributed by atoms with E-state index in [4.69, 9.17) is 0 Å². The SMILES string of the molecule is CNCc1c(N(C)CC(F)F)nc2ccccn12. The fourth-order valence-corrected chi connectivity index (χ4v) is 1.97. The number of aromatic nitrogens is 2. The lowest BCUT2D eigenvalue weighted by molar-refractivity contribution is 0.156. The third-order valence-electron chi connectivity index (χ3n) is 2.73. The number of nitrogens with zero attached hydrogens (tertiary/aromatic N) is 3. The zero-order valence-corrected chi connectivity index (χ0v) is 10.4. The summed E-state index contributed by atoms with van der Waals surface area (Å²) in [6.45, 7) is 0.259. The molecule has 98 valence electrons. The van der Waals surface area contributed by atoms with Gasteiger partial charge in [-0.25, -0.2) is 13.8 Å². The fourth-order valence-electron chi connectivity index (χ4n) is 1.97. The van der Waals surface area contributed by atoms with E-state index in [-0.39, 0.29) is 6.54 Å². The van der Waals surface area contributed by atoms with Crippen molar-refractivity contribution in [1.82, 2.24) is 14.7 Å². The second-order valence-electron chi connectivity index (χ2n) is 4.11. The quantitative estimate of drug-likeness (QED) is 0.882. The van der Waals surface area contributed by atoms with Gasteiger partial charge in [-0.15, -0.1) is 0 Å². The van der Waals surface area contributed by atoms with Crippen LogP contribution in [0.2, 0.25) is 0 Å². The van der Waals surface area contributed by atoms with Crippen molar-refractivity contribution in [3.05, 3.63) is 30.1 Å². The number of imidazole rings is 1. The van der Waals surface area contributed by atoms with E-state index in [0.717, 1.165) is 11.3 Å². The summed E-state index contributed by atoms with van der Waals surface area (Å²) in [7, 11) is 3.45. The molecule has 0 aliphatic heterocycles. The standard InChI is InChI=1S/C12H16F2N4/c1-15-7-9-12(17(2)8-10(13)14)16-11-5-3-4-6-18(9)11/h3-6,10,15H,7-8H2,1-2H3. The van der Waals surface area contributed by atoms with E-state index in [0.29, 0.717) is 12.4 Å². The van der Waals surface area contributed by atoms with Crippen molar-refractivity contribution >= 4 is 11.5 Å². The number of anilines is 1. The Bertz CT molecular complexity index is 524. The first kappa shape index (κ1) is 12.8. The predicted octanol–water partition coefficient (Wildman–Crippen LogP) is 1.75. The van der Waals surface area contributed by atoms with Gasteiger partial charge in [-0.05, 0) is 19.2 Å². The minimum absolute atomic E-state index is 0.319. The van der Waals surface area contributed by atoms with Crippen molar-refractivity contribution in [2.24, 2.45) is 0 Å². The van der Waals surface area contributed by atoms with E-state index < -0.39 is 6.43 Å². The van der Waals surface area contributed by atoms with Crippen LogP contribution in [0, 0.1) is 0 Å².